The number of nitrogens with one attached hydrogen (secondary N) is 1. The molecule has 1 amide bonds. The second kappa shape index (κ2) is 5.95. The molecule has 1 saturated carbocycles. The second-order valence-electron chi connectivity index (χ2n) is 6.24. The highest BCUT2D eigenvalue weighted by Gasteiger charge is 2.21. The molecule has 4 nitrogen and oxygen atoms in total. The fourth-order valence-electron chi connectivity index (χ4n) is 3.31. The van der Waals surface area contributed by atoms with Crippen LogP contribution in [0, 0.1) is 5.92 Å². The summed E-state index contributed by atoms with van der Waals surface area (Å²) < 4.78 is 0. The van der Waals surface area contributed by atoms with Gasteiger partial charge in [-0.1, -0.05) is 31.4 Å². The molecule has 4 heteroatoms. The largest absolute Gasteiger partial charge is 0.326 e. The molecule has 116 valence electrons. The van der Waals surface area contributed by atoms with Crippen LogP contribution in [0.2, 0.25) is 0 Å². The maximum atomic E-state index is 12.4. The van der Waals surface area contributed by atoms with Crippen molar-refractivity contribution in [1.29, 1.82) is 0 Å². The van der Waals surface area contributed by atoms with Crippen molar-refractivity contribution in [3.63, 3.8) is 0 Å². The van der Waals surface area contributed by atoms with E-state index in [1.165, 1.54) is 6.42 Å². The molecule has 3 aromatic rings. The zero-order valence-corrected chi connectivity index (χ0v) is 13.0. The number of aromatic nitrogens is 2. The third kappa shape index (κ3) is 2.89. The lowest BCUT2D eigenvalue weighted by Crippen LogP contribution is -2.24. The standard InChI is InChI=1S/C19H19N3O/c23-19(13-6-2-1-3-7-13)20-14-10-11-17-18(12-14)22-16-9-5-4-8-15(16)21-17/h4-5,8-13H,1-3,6-7H2,(H,20,23). The van der Waals surface area contributed by atoms with Crippen LogP contribution in [0.1, 0.15) is 32.1 Å². The number of nitrogens with zero attached hydrogens (tertiary/aromatic N) is 2. The van der Waals surface area contributed by atoms with Gasteiger partial charge in [-0.2, -0.15) is 0 Å². The average Bonchev–Trinajstić information content (AvgIpc) is 2.60. The van der Waals surface area contributed by atoms with E-state index in [2.05, 4.69) is 15.3 Å². The van der Waals surface area contributed by atoms with E-state index in [4.69, 9.17) is 0 Å². The van der Waals surface area contributed by atoms with Crippen LogP contribution < -0.4 is 5.32 Å². The van der Waals surface area contributed by atoms with Crippen molar-refractivity contribution in [3.05, 3.63) is 42.5 Å². The lowest BCUT2D eigenvalue weighted by Gasteiger charge is -2.20. The average molecular weight is 305 g/mol. The van der Waals surface area contributed by atoms with E-state index in [9.17, 15) is 4.79 Å². The van der Waals surface area contributed by atoms with Crippen molar-refractivity contribution in [3.8, 4) is 0 Å². The van der Waals surface area contributed by atoms with E-state index in [-0.39, 0.29) is 11.8 Å². The Morgan fingerprint density at radius 3 is 2.26 bits per heavy atom. The van der Waals surface area contributed by atoms with Crippen molar-refractivity contribution in [1.82, 2.24) is 9.97 Å². The molecule has 4 rings (SSSR count). The Hall–Kier alpha value is -2.49. The Balaban J connectivity index is 1.62. The molecule has 0 aliphatic heterocycles. The Labute approximate surface area is 134 Å². The van der Waals surface area contributed by atoms with Crippen molar-refractivity contribution < 1.29 is 4.79 Å². The molecule has 23 heavy (non-hydrogen) atoms. The van der Waals surface area contributed by atoms with E-state index in [1.54, 1.807) is 0 Å². The number of para-hydroxylation sites is 2. The first-order valence-corrected chi connectivity index (χ1v) is 8.27. The first-order chi connectivity index (χ1) is 11.3. The molecule has 1 aromatic heterocycles. The monoisotopic (exact) mass is 305 g/mol. The fraction of sp³-hybridized carbons (Fsp3) is 0.316. The van der Waals surface area contributed by atoms with Gasteiger partial charge in [-0.05, 0) is 43.2 Å². The van der Waals surface area contributed by atoms with E-state index >= 15 is 0 Å². The molecule has 1 aliphatic carbocycles. The van der Waals surface area contributed by atoms with Crippen LogP contribution in [0.4, 0.5) is 5.69 Å². The topological polar surface area (TPSA) is 54.9 Å². The summed E-state index contributed by atoms with van der Waals surface area (Å²) in [7, 11) is 0. The third-order valence-corrected chi connectivity index (χ3v) is 4.58. The van der Waals surface area contributed by atoms with Crippen LogP contribution in [-0.2, 0) is 4.79 Å². The number of carbonyl (C=O) groups is 1. The number of hydrogen-bond acceptors (Lipinski definition) is 3. The Morgan fingerprint density at radius 2 is 1.52 bits per heavy atom. The lowest BCUT2D eigenvalue weighted by molar-refractivity contribution is -0.120. The molecule has 1 fully saturated rings. The number of amides is 1. The predicted octanol–water partition coefficient (Wildman–Crippen LogP) is 4.30. The number of anilines is 1. The minimum absolute atomic E-state index is 0.137. The van der Waals surface area contributed by atoms with E-state index in [1.807, 2.05) is 42.5 Å². The van der Waals surface area contributed by atoms with Gasteiger partial charge in [0.1, 0.15) is 0 Å². The van der Waals surface area contributed by atoms with E-state index < -0.39 is 0 Å². The summed E-state index contributed by atoms with van der Waals surface area (Å²) in [5.74, 6) is 0.292. The van der Waals surface area contributed by atoms with Gasteiger partial charge in [-0.25, -0.2) is 9.97 Å². The van der Waals surface area contributed by atoms with Crippen LogP contribution in [0.15, 0.2) is 42.5 Å². The van der Waals surface area contributed by atoms with E-state index in [0.29, 0.717) is 0 Å². The molecule has 1 N–H and O–H groups in total. The summed E-state index contributed by atoms with van der Waals surface area (Å²) in [6.07, 6.45) is 5.58. The first kappa shape index (κ1) is 14.1. The van der Waals surface area contributed by atoms with Gasteiger partial charge in [0.15, 0.2) is 0 Å². The van der Waals surface area contributed by atoms with Crippen molar-refractivity contribution in [2.75, 3.05) is 5.32 Å². The van der Waals surface area contributed by atoms with Gasteiger partial charge in [0, 0.05) is 11.6 Å². The van der Waals surface area contributed by atoms with Crippen LogP contribution in [-0.4, -0.2) is 15.9 Å². The molecule has 0 bridgehead atoms. The Bertz CT molecular complexity index is 869. The van der Waals surface area contributed by atoms with Crippen molar-refractivity contribution in [2.45, 2.75) is 32.1 Å². The minimum atomic E-state index is 0.137. The number of fused-ring (bicyclic) bond motifs is 2. The third-order valence-electron chi connectivity index (χ3n) is 4.58. The molecule has 2 aromatic carbocycles. The number of hydrogen-bond donors (Lipinski definition) is 1. The number of carbonyl (C=O) groups excluding carboxylic acids is 1. The van der Waals surface area contributed by atoms with Gasteiger partial charge in [-0.15, -0.1) is 0 Å². The van der Waals surface area contributed by atoms with Crippen LogP contribution in [0.5, 0.6) is 0 Å². The molecule has 0 unspecified atom stereocenters. The van der Waals surface area contributed by atoms with Gasteiger partial charge >= 0.3 is 0 Å². The van der Waals surface area contributed by atoms with Crippen LogP contribution >= 0.6 is 0 Å². The quantitative estimate of drug-likeness (QED) is 0.718. The highest BCUT2D eigenvalue weighted by Crippen LogP contribution is 2.26. The molecule has 1 heterocycles. The zero-order valence-electron chi connectivity index (χ0n) is 13.0. The molecule has 0 spiro atoms. The maximum absolute atomic E-state index is 12.4. The number of rotatable bonds is 2. The fourth-order valence-corrected chi connectivity index (χ4v) is 3.31. The summed E-state index contributed by atoms with van der Waals surface area (Å²) in [4.78, 5) is 21.6. The van der Waals surface area contributed by atoms with Gasteiger partial charge in [0.25, 0.3) is 0 Å². The summed E-state index contributed by atoms with van der Waals surface area (Å²) in [6, 6.07) is 13.6. The van der Waals surface area contributed by atoms with Crippen LogP contribution in [0.25, 0.3) is 22.1 Å². The zero-order chi connectivity index (χ0) is 15.6. The molecular weight excluding hydrogens is 286 g/mol. The number of benzene rings is 2. The second-order valence-corrected chi connectivity index (χ2v) is 6.24. The highest BCUT2D eigenvalue weighted by atomic mass is 16.1. The smallest absolute Gasteiger partial charge is 0.227 e. The summed E-state index contributed by atoms with van der Waals surface area (Å²) in [5, 5.41) is 3.05. The molecule has 0 atom stereocenters. The van der Waals surface area contributed by atoms with E-state index in [0.717, 1.165) is 53.4 Å². The molecule has 0 saturated heterocycles. The Kier molecular flexibility index (Phi) is 3.66. The normalized spacial score (nSPS) is 15.8. The molecule has 1 aliphatic rings. The minimum Gasteiger partial charge on any atom is -0.326 e. The summed E-state index contributed by atoms with van der Waals surface area (Å²) >= 11 is 0. The summed E-state index contributed by atoms with van der Waals surface area (Å²) in [5.41, 5.74) is 4.22. The predicted molar refractivity (Wildman–Crippen MR) is 92.2 cm³/mol. The van der Waals surface area contributed by atoms with Crippen molar-refractivity contribution >= 4 is 33.7 Å². The van der Waals surface area contributed by atoms with Gasteiger partial charge in [0.2, 0.25) is 5.91 Å². The lowest BCUT2D eigenvalue weighted by atomic mass is 9.88. The maximum Gasteiger partial charge on any atom is 0.227 e. The SMILES string of the molecule is O=C(Nc1ccc2nc3ccccc3nc2c1)C1CCCCC1. The van der Waals surface area contributed by atoms with Gasteiger partial charge in [-0.3, -0.25) is 4.79 Å². The highest BCUT2D eigenvalue weighted by molar-refractivity contribution is 5.95. The van der Waals surface area contributed by atoms with Gasteiger partial charge < -0.3 is 5.32 Å². The molecular formula is C19H19N3O. The molecule has 0 radical (unpaired) electrons. The Morgan fingerprint density at radius 1 is 0.870 bits per heavy atom. The van der Waals surface area contributed by atoms with Gasteiger partial charge in [0.05, 0.1) is 22.1 Å². The van der Waals surface area contributed by atoms with Crippen molar-refractivity contribution in [2.24, 2.45) is 5.92 Å². The summed E-state index contributed by atoms with van der Waals surface area (Å²) in [6.45, 7) is 0. The first-order valence-electron chi connectivity index (χ1n) is 8.27. The van der Waals surface area contributed by atoms with Crippen LogP contribution in [0.3, 0.4) is 0 Å².